The van der Waals surface area contributed by atoms with Crippen molar-refractivity contribution in [3.63, 3.8) is 0 Å². The van der Waals surface area contributed by atoms with E-state index in [4.69, 9.17) is 4.74 Å². The molecular weight excluding hydrogens is 464 g/mol. The van der Waals surface area contributed by atoms with Gasteiger partial charge in [0.1, 0.15) is 0 Å². The normalized spacial score (nSPS) is 21.1. The molecule has 3 heterocycles. The summed E-state index contributed by atoms with van der Waals surface area (Å²) in [5.41, 5.74) is 3.70. The number of morpholine rings is 1. The first kappa shape index (κ1) is 24.1. The van der Waals surface area contributed by atoms with Crippen LogP contribution in [-0.2, 0) is 26.0 Å². The van der Waals surface area contributed by atoms with E-state index in [0.29, 0.717) is 32.0 Å². The third kappa shape index (κ3) is 4.90. The van der Waals surface area contributed by atoms with Crippen LogP contribution in [0, 0.1) is 0 Å². The number of benzene rings is 2. The van der Waals surface area contributed by atoms with Crippen molar-refractivity contribution >= 4 is 33.0 Å². The number of carbonyl (C=O) groups is 1. The zero-order valence-corrected chi connectivity index (χ0v) is 21.1. The average Bonchev–Trinajstić information content (AvgIpc) is 3.24. The van der Waals surface area contributed by atoms with E-state index >= 15 is 0 Å². The summed E-state index contributed by atoms with van der Waals surface area (Å²) < 4.78 is 33.8. The molecule has 2 fully saturated rings. The SMILES string of the molecule is C[C@@H]1Cc2ccccc2N1C(=O)CNc1cc(S(=O)(=O)N2CCCCC2)ccc1N1CCOCC1. The van der Waals surface area contributed by atoms with Crippen molar-refractivity contribution in [3.05, 3.63) is 48.0 Å². The van der Waals surface area contributed by atoms with Crippen molar-refractivity contribution in [2.45, 2.75) is 43.5 Å². The number of fused-ring (bicyclic) bond motifs is 1. The summed E-state index contributed by atoms with van der Waals surface area (Å²) in [5.74, 6) is -0.0281. The molecule has 3 aliphatic heterocycles. The highest BCUT2D eigenvalue weighted by Gasteiger charge is 2.31. The number of carbonyl (C=O) groups excluding carboxylic acids is 1. The largest absolute Gasteiger partial charge is 0.378 e. The van der Waals surface area contributed by atoms with Crippen LogP contribution in [0.3, 0.4) is 0 Å². The number of sulfonamides is 1. The summed E-state index contributed by atoms with van der Waals surface area (Å²) >= 11 is 0. The van der Waals surface area contributed by atoms with Crippen molar-refractivity contribution in [2.75, 3.05) is 61.1 Å². The Morgan fingerprint density at radius 3 is 2.51 bits per heavy atom. The number of rotatable bonds is 6. The Bertz CT molecular complexity index is 1170. The second kappa shape index (κ2) is 10.2. The lowest BCUT2D eigenvalue weighted by Crippen LogP contribution is -2.40. The summed E-state index contributed by atoms with van der Waals surface area (Å²) in [6.45, 7) is 5.94. The minimum Gasteiger partial charge on any atom is -0.378 e. The maximum atomic E-state index is 13.3. The van der Waals surface area contributed by atoms with Gasteiger partial charge in [-0.15, -0.1) is 0 Å². The Hall–Kier alpha value is -2.62. The van der Waals surface area contributed by atoms with E-state index in [0.717, 1.165) is 50.1 Å². The van der Waals surface area contributed by atoms with E-state index in [1.807, 2.05) is 29.2 Å². The van der Waals surface area contributed by atoms with Gasteiger partial charge in [-0.05, 0) is 56.0 Å². The van der Waals surface area contributed by atoms with Gasteiger partial charge in [0.2, 0.25) is 15.9 Å². The summed E-state index contributed by atoms with van der Waals surface area (Å²) in [6.07, 6.45) is 3.68. The van der Waals surface area contributed by atoms with Gasteiger partial charge < -0.3 is 19.9 Å². The molecule has 0 saturated carbocycles. The molecule has 0 radical (unpaired) electrons. The highest BCUT2D eigenvalue weighted by atomic mass is 32.2. The Labute approximate surface area is 207 Å². The van der Waals surface area contributed by atoms with Crippen molar-refractivity contribution in [3.8, 4) is 0 Å². The fraction of sp³-hybridized carbons (Fsp3) is 0.500. The molecule has 1 N–H and O–H groups in total. The van der Waals surface area contributed by atoms with Crippen LogP contribution in [0.5, 0.6) is 0 Å². The number of nitrogens with zero attached hydrogens (tertiary/aromatic N) is 3. The number of piperidine rings is 1. The minimum absolute atomic E-state index is 0.0281. The van der Waals surface area contributed by atoms with E-state index in [-0.39, 0.29) is 23.4 Å². The zero-order valence-electron chi connectivity index (χ0n) is 20.3. The van der Waals surface area contributed by atoms with E-state index in [1.54, 1.807) is 16.4 Å². The van der Waals surface area contributed by atoms with Crippen LogP contribution in [0.2, 0.25) is 0 Å². The number of ether oxygens (including phenoxy) is 1. The quantitative estimate of drug-likeness (QED) is 0.659. The van der Waals surface area contributed by atoms with E-state index in [1.165, 1.54) is 5.56 Å². The predicted molar refractivity (Wildman–Crippen MR) is 138 cm³/mol. The molecule has 0 bridgehead atoms. The predicted octanol–water partition coefficient (Wildman–Crippen LogP) is 3.09. The number of hydrogen-bond donors (Lipinski definition) is 1. The number of para-hydroxylation sites is 1. The van der Waals surface area contributed by atoms with Gasteiger partial charge in [-0.1, -0.05) is 24.6 Å². The lowest BCUT2D eigenvalue weighted by atomic mass is 10.1. The molecule has 2 aromatic rings. The lowest BCUT2D eigenvalue weighted by Gasteiger charge is -2.32. The van der Waals surface area contributed by atoms with Crippen LogP contribution >= 0.6 is 0 Å². The van der Waals surface area contributed by atoms with Crippen LogP contribution in [0.25, 0.3) is 0 Å². The van der Waals surface area contributed by atoms with Crippen LogP contribution in [-0.4, -0.2) is 70.6 Å². The third-order valence-corrected chi connectivity index (χ3v) is 9.07. The van der Waals surface area contributed by atoms with Gasteiger partial charge in [0.05, 0.1) is 36.0 Å². The molecule has 5 rings (SSSR count). The van der Waals surface area contributed by atoms with Crippen LogP contribution in [0.1, 0.15) is 31.7 Å². The molecule has 8 nitrogen and oxygen atoms in total. The number of hydrogen-bond acceptors (Lipinski definition) is 6. The molecular formula is C26H34N4O4S. The smallest absolute Gasteiger partial charge is 0.246 e. The monoisotopic (exact) mass is 498 g/mol. The van der Waals surface area contributed by atoms with Crippen LogP contribution < -0.4 is 15.1 Å². The Morgan fingerprint density at radius 2 is 1.74 bits per heavy atom. The average molecular weight is 499 g/mol. The fourth-order valence-corrected chi connectivity index (χ4v) is 6.90. The molecule has 0 aromatic heterocycles. The molecule has 2 aromatic carbocycles. The molecule has 188 valence electrons. The molecule has 0 aliphatic carbocycles. The summed E-state index contributed by atoms with van der Waals surface area (Å²) in [5, 5.41) is 3.30. The van der Waals surface area contributed by atoms with Gasteiger partial charge >= 0.3 is 0 Å². The first-order valence-electron chi connectivity index (χ1n) is 12.6. The van der Waals surface area contributed by atoms with Crippen LogP contribution in [0.4, 0.5) is 17.1 Å². The van der Waals surface area contributed by atoms with E-state index < -0.39 is 10.0 Å². The molecule has 2 saturated heterocycles. The maximum absolute atomic E-state index is 13.3. The molecule has 0 unspecified atom stereocenters. The van der Waals surface area contributed by atoms with Gasteiger partial charge in [-0.2, -0.15) is 4.31 Å². The maximum Gasteiger partial charge on any atom is 0.246 e. The van der Waals surface area contributed by atoms with Crippen molar-refractivity contribution in [1.29, 1.82) is 0 Å². The second-order valence-corrected chi connectivity index (χ2v) is 11.5. The standard InChI is InChI=1S/C26H34N4O4S/c1-20-17-21-7-3-4-8-24(21)30(20)26(31)19-27-23-18-22(35(32,33)29-11-5-2-6-12-29)9-10-25(23)28-13-15-34-16-14-28/h3-4,7-10,18,20,27H,2,5-6,11-17,19H2,1H3/t20-/m1/s1. The van der Waals surface area contributed by atoms with Crippen molar-refractivity contribution in [2.24, 2.45) is 0 Å². The first-order chi connectivity index (χ1) is 16.9. The second-order valence-electron chi connectivity index (χ2n) is 9.54. The topological polar surface area (TPSA) is 82.2 Å². The number of amides is 1. The molecule has 3 aliphatic rings. The lowest BCUT2D eigenvalue weighted by molar-refractivity contribution is -0.117. The van der Waals surface area contributed by atoms with Gasteiger partial charge in [-0.25, -0.2) is 8.42 Å². The van der Waals surface area contributed by atoms with Gasteiger partial charge in [0.25, 0.3) is 0 Å². The Balaban J connectivity index is 1.40. The number of nitrogens with one attached hydrogen (secondary N) is 1. The van der Waals surface area contributed by atoms with Gasteiger partial charge in [-0.3, -0.25) is 4.79 Å². The summed E-state index contributed by atoms with van der Waals surface area (Å²) in [7, 11) is -3.58. The summed E-state index contributed by atoms with van der Waals surface area (Å²) in [6, 6.07) is 13.4. The van der Waals surface area contributed by atoms with Crippen molar-refractivity contribution in [1.82, 2.24) is 4.31 Å². The highest BCUT2D eigenvalue weighted by molar-refractivity contribution is 7.89. The molecule has 0 spiro atoms. The highest BCUT2D eigenvalue weighted by Crippen LogP contribution is 2.34. The molecule has 9 heteroatoms. The fourth-order valence-electron chi connectivity index (χ4n) is 5.35. The van der Waals surface area contributed by atoms with E-state index in [2.05, 4.69) is 23.2 Å². The summed E-state index contributed by atoms with van der Waals surface area (Å²) in [4.78, 5) is 17.6. The van der Waals surface area contributed by atoms with Gasteiger partial charge in [0.15, 0.2) is 0 Å². The van der Waals surface area contributed by atoms with Crippen molar-refractivity contribution < 1.29 is 17.9 Å². The Morgan fingerprint density at radius 1 is 1.00 bits per heavy atom. The van der Waals surface area contributed by atoms with E-state index in [9.17, 15) is 13.2 Å². The zero-order chi connectivity index (χ0) is 24.4. The van der Waals surface area contributed by atoms with Gasteiger partial charge in [0, 0.05) is 37.9 Å². The first-order valence-corrected chi connectivity index (χ1v) is 14.0. The molecule has 1 amide bonds. The Kier molecular flexibility index (Phi) is 7.00. The minimum atomic E-state index is -3.58. The number of anilines is 3. The molecule has 1 atom stereocenters. The molecule has 35 heavy (non-hydrogen) atoms. The van der Waals surface area contributed by atoms with Crippen LogP contribution in [0.15, 0.2) is 47.4 Å². The third-order valence-electron chi connectivity index (χ3n) is 7.18.